The van der Waals surface area contributed by atoms with E-state index in [1.165, 1.54) is 0 Å². The first-order valence-corrected chi connectivity index (χ1v) is 6.01. The maximum atomic E-state index is 8.96. The summed E-state index contributed by atoms with van der Waals surface area (Å²) in [5.41, 5.74) is 2.46. The second-order valence-corrected chi connectivity index (χ2v) is 4.04. The Bertz CT molecular complexity index is 590. The standard InChI is InChI=1S/C15H15N3O/c1-19-15-7-3-2-5-13(15)11-17-10-12-6-4-8-18-14(12)9-16/h2-8,17H,10-11H2,1H3. The number of benzene rings is 1. The quantitative estimate of drug-likeness (QED) is 0.888. The van der Waals surface area contributed by atoms with Gasteiger partial charge in [-0.25, -0.2) is 4.98 Å². The summed E-state index contributed by atoms with van der Waals surface area (Å²) in [7, 11) is 1.66. The first-order valence-electron chi connectivity index (χ1n) is 6.01. The van der Waals surface area contributed by atoms with Gasteiger partial charge in [-0.3, -0.25) is 0 Å². The molecule has 1 aromatic carbocycles. The van der Waals surface area contributed by atoms with E-state index in [0.29, 0.717) is 18.8 Å². The van der Waals surface area contributed by atoms with Crippen molar-refractivity contribution < 1.29 is 4.74 Å². The molecule has 0 unspecified atom stereocenters. The summed E-state index contributed by atoms with van der Waals surface area (Å²) >= 11 is 0. The Morgan fingerprint density at radius 3 is 2.68 bits per heavy atom. The van der Waals surface area contributed by atoms with E-state index >= 15 is 0 Å². The molecular formula is C15H15N3O. The summed E-state index contributed by atoms with van der Waals surface area (Å²) in [6.45, 7) is 1.29. The van der Waals surface area contributed by atoms with Gasteiger partial charge in [0.2, 0.25) is 0 Å². The average Bonchev–Trinajstić information content (AvgIpc) is 2.48. The number of nitrogens with one attached hydrogen (secondary N) is 1. The monoisotopic (exact) mass is 253 g/mol. The molecule has 0 aliphatic heterocycles. The molecule has 4 heteroatoms. The highest BCUT2D eigenvalue weighted by molar-refractivity contribution is 5.33. The molecule has 2 rings (SSSR count). The number of rotatable bonds is 5. The molecule has 0 aliphatic carbocycles. The maximum absolute atomic E-state index is 8.96. The number of nitriles is 1. The van der Waals surface area contributed by atoms with E-state index in [0.717, 1.165) is 16.9 Å². The minimum atomic E-state index is 0.468. The van der Waals surface area contributed by atoms with Crippen LogP contribution >= 0.6 is 0 Å². The number of hydrogen-bond donors (Lipinski definition) is 1. The predicted molar refractivity (Wildman–Crippen MR) is 72.5 cm³/mol. The maximum Gasteiger partial charge on any atom is 0.144 e. The second-order valence-electron chi connectivity index (χ2n) is 4.04. The van der Waals surface area contributed by atoms with Gasteiger partial charge >= 0.3 is 0 Å². The molecule has 0 saturated heterocycles. The molecular weight excluding hydrogens is 238 g/mol. The van der Waals surface area contributed by atoms with Gasteiger partial charge in [-0.05, 0) is 12.1 Å². The van der Waals surface area contributed by atoms with Crippen LogP contribution in [-0.4, -0.2) is 12.1 Å². The summed E-state index contributed by atoms with van der Waals surface area (Å²) in [5.74, 6) is 0.863. The minimum Gasteiger partial charge on any atom is -0.496 e. The predicted octanol–water partition coefficient (Wildman–Crippen LogP) is 2.25. The Morgan fingerprint density at radius 1 is 1.16 bits per heavy atom. The van der Waals surface area contributed by atoms with Crippen LogP contribution < -0.4 is 10.1 Å². The van der Waals surface area contributed by atoms with Gasteiger partial charge in [0.25, 0.3) is 0 Å². The molecule has 96 valence electrons. The van der Waals surface area contributed by atoms with Crippen LogP contribution in [0.25, 0.3) is 0 Å². The van der Waals surface area contributed by atoms with Crippen LogP contribution in [0.4, 0.5) is 0 Å². The van der Waals surface area contributed by atoms with Gasteiger partial charge < -0.3 is 10.1 Å². The van der Waals surface area contributed by atoms with Crippen LogP contribution in [0, 0.1) is 11.3 Å². The van der Waals surface area contributed by atoms with Crippen molar-refractivity contribution >= 4 is 0 Å². The smallest absolute Gasteiger partial charge is 0.144 e. The third-order valence-electron chi connectivity index (χ3n) is 2.82. The van der Waals surface area contributed by atoms with E-state index in [4.69, 9.17) is 10.00 Å². The van der Waals surface area contributed by atoms with Gasteiger partial charge in [0.1, 0.15) is 17.5 Å². The fourth-order valence-electron chi connectivity index (χ4n) is 1.86. The average molecular weight is 253 g/mol. The van der Waals surface area contributed by atoms with Crippen molar-refractivity contribution in [1.29, 1.82) is 5.26 Å². The van der Waals surface area contributed by atoms with Gasteiger partial charge in [-0.15, -0.1) is 0 Å². The zero-order valence-electron chi connectivity index (χ0n) is 10.8. The first kappa shape index (κ1) is 13.1. The van der Waals surface area contributed by atoms with E-state index in [-0.39, 0.29) is 0 Å². The van der Waals surface area contributed by atoms with Gasteiger partial charge in [-0.2, -0.15) is 5.26 Å². The SMILES string of the molecule is COc1ccccc1CNCc1cccnc1C#N. The molecule has 0 saturated carbocycles. The highest BCUT2D eigenvalue weighted by Gasteiger charge is 2.04. The van der Waals surface area contributed by atoms with Gasteiger partial charge in [0, 0.05) is 30.4 Å². The summed E-state index contributed by atoms with van der Waals surface area (Å²) in [4.78, 5) is 4.03. The topological polar surface area (TPSA) is 57.9 Å². The van der Waals surface area contributed by atoms with Crippen LogP contribution in [0.2, 0.25) is 0 Å². The van der Waals surface area contributed by atoms with E-state index in [1.807, 2.05) is 36.4 Å². The molecule has 4 nitrogen and oxygen atoms in total. The fraction of sp³-hybridized carbons (Fsp3) is 0.200. The number of ether oxygens (including phenoxy) is 1. The van der Waals surface area contributed by atoms with Crippen LogP contribution in [0.15, 0.2) is 42.6 Å². The van der Waals surface area contributed by atoms with E-state index in [2.05, 4.69) is 16.4 Å². The number of methoxy groups -OCH3 is 1. The molecule has 0 atom stereocenters. The normalized spacial score (nSPS) is 9.89. The number of para-hydroxylation sites is 1. The molecule has 0 fully saturated rings. The zero-order chi connectivity index (χ0) is 13.5. The molecule has 0 aliphatic rings. The minimum absolute atomic E-state index is 0.468. The van der Waals surface area contributed by atoms with Crippen molar-refractivity contribution in [3.63, 3.8) is 0 Å². The van der Waals surface area contributed by atoms with Gasteiger partial charge in [0.15, 0.2) is 0 Å². The molecule has 0 amide bonds. The number of hydrogen-bond acceptors (Lipinski definition) is 4. The molecule has 0 radical (unpaired) electrons. The van der Waals surface area contributed by atoms with Gasteiger partial charge in [0.05, 0.1) is 7.11 Å². The first-order chi connectivity index (χ1) is 9.35. The van der Waals surface area contributed by atoms with Crippen LogP contribution in [0.5, 0.6) is 5.75 Å². The van der Waals surface area contributed by atoms with E-state index < -0.39 is 0 Å². The lowest BCUT2D eigenvalue weighted by Gasteiger charge is -2.09. The lowest BCUT2D eigenvalue weighted by atomic mass is 10.1. The Labute approximate surface area is 112 Å². The van der Waals surface area contributed by atoms with Crippen molar-refractivity contribution in [2.75, 3.05) is 7.11 Å². The number of aromatic nitrogens is 1. The molecule has 19 heavy (non-hydrogen) atoms. The van der Waals surface area contributed by atoms with Gasteiger partial charge in [-0.1, -0.05) is 24.3 Å². The number of nitrogens with zero attached hydrogens (tertiary/aromatic N) is 2. The second kappa shape index (κ2) is 6.53. The molecule has 1 N–H and O–H groups in total. The molecule has 0 spiro atoms. The lowest BCUT2D eigenvalue weighted by Crippen LogP contribution is -2.14. The largest absolute Gasteiger partial charge is 0.496 e. The van der Waals surface area contributed by atoms with E-state index in [9.17, 15) is 0 Å². The Hall–Kier alpha value is -2.38. The third-order valence-corrected chi connectivity index (χ3v) is 2.82. The lowest BCUT2D eigenvalue weighted by molar-refractivity contribution is 0.407. The summed E-state index contributed by atoms with van der Waals surface area (Å²) in [6, 6.07) is 13.7. The van der Waals surface area contributed by atoms with E-state index in [1.54, 1.807) is 13.3 Å². The van der Waals surface area contributed by atoms with Crippen molar-refractivity contribution in [1.82, 2.24) is 10.3 Å². The van der Waals surface area contributed by atoms with Crippen molar-refractivity contribution in [2.24, 2.45) is 0 Å². The van der Waals surface area contributed by atoms with Crippen LogP contribution in [-0.2, 0) is 13.1 Å². The summed E-state index contributed by atoms with van der Waals surface area (Å²) < 4.78 is 5.29. The third kappa shape index (κ3) is 3.30. The van der Waals surface area contributed by atoms with Crippen molar-refractivity contribution in [3.05, 3.63) is 59.4 Å². The fourth-order valence-corrected chi connectivity index (χ4v) is 1.86. The zero-order valence-corrected chi connectivity index (χ0v) is 10.8. The molecule has 1 heterocycles. The highest BCUT2D eigenvalue weighted by atomic mass is 16.5. The highest BCUT2D eigenvalue weighted by Crippen LogP contribution is 2.16. The number of pyridine rings is 1. The molecule has 1 aromatic heterocycles. The Balaban J connectivity index is 1.99. The van der Waals surface area contributed by atoms with Crippen LogP contribution in [0.3, 0.4) is 0 Å². The Morgan fingerprint density at radius 2 is 1.89 bits per heavy atom. The van der Waals surface area contributed by atoms with Crippen molar-refractivity contribution in [2.45, 2.75) is 13.1 Å². The molecule has 2 aromatic rings. The summed E-state index contributed by atoms with van der Waals surface area (Å²) in [6.07, 6.45) is 1.63. The summed E-state index contributed by atoms with van der Waals surface area (Å²) in [5, 5.41) is 12.3. The molecule has 0 bridgehead atoms. The van der Waals surface area contributed by atoms with Crippen molar-refractivity contribution in [3.8, 4) is 11.8 Å². The Kier molecular flexibility index (Phi) is 4.49. The van der Waals surface area contributed by atoms with Crippen LogP contribution in [0.1, 0.15) is 16.8 Å².